The van der Waals surface area contributed by atoms with Gasteiger partial charge in [0.25, 0.3) is 5.82 Å². The molecule has 24 heavy (non-hydrogen) atoms. The summed E-state index contributed by atoms with van der Waals surface area (Å²) in [6.45, 7) is 3.54. The molecule has 5 nitrogen and oxygen atoms in total. The minimum Gasteiger partial charge on any atom is -0.495 e. The fourth-order valence-corrected chi connectivity index (χ4v) is 3.17. The molecule has 0 spiro atoms. The molecule has 0 amide bonds. The standard InChI is InChI=1S/C17H19ClN4OS/c1-23-15-6-5-13(18)12-14(15)20-17(24)22-10-8-21(9-11-22)16-4-2-3-7-19-16/h2-7,12H,8-11H2,1H3,(H,20,24)/p+1. The maximum Gasteiger partial charge on any atom is 0.274 e. The van der Waals surface area contributed by atoms with Gasteiger partial charge in [0.2, 0.25) is 0 Å². The van der Waals surface area contributed by atoms with Crippen molar-refractivity contribution in [1.29, 1.82) is 0 Å². The number of ether oxygens (including phenoxy) is 1. The van der Waals surface area contributed by atoms with Gasteiger partial charge in [-0.1, -0.05) is 17.7 Å². The van der Waals surface area contributed by atoms with Crippen molar-refractivity contribution < 1.29 is 9.72 Å². The van der Waals surface area contributed by atoms with E-state index in [1.54, 1.807) is 13.2 Å². The lowest BCUT2D eigenvalue weighted by molar-refractivity contribution is -0.364. The lowest BCUT2D eigenvalue weighted by Crippen LogP contribution is -2.51. The third-order valence-electron chi connectivity index (χ3n) is 4.00. The molecule has 1 saturated heterocycles. The first-order valence-corrected chi connectivity index (χ1v) is 8.57. The zero-order chi connectivity index (χ0) is 16.9. The van der Waals surface area contributed by atoms with Crippen molar-refractivity contribution in [3.63, 3.8) is 0 Å². The summed E-state index contributed by atoms with van der Waals surface area (Å²) in [6.07, 6.45) is 1.94. The van der Waals surface area contributed by atoms with Crippen molar-refractivity contribution in [3.05, 3.63) is 47.6 Å². The molecule has 0 bridgehead atoms. The number of pyridine rings is 1. The van der Waals surface area contributed by atoms with Crippen LogP contribution < -0.4 is 19.9 Å². The summed E-state index contributed by atoms with van der Waals surface area (Å²) >= 11 is 11.6. The predicted molar refractivity (Wildman–Crippen MR) is 101 cm³/mol. The van der Waals surface area contributed by atoms with Crippen molar-refractivity contribution in [1.82, 2.24) is 4.90 Å². The van der Waals surface area contributed by atoms with Gasteiger partial charge >= 0.3 is 0 Å². The molecule has 0 saturated carbocycles. The molecular weight excluding hydrogens is 344 g/mol. The van der Waals surface area contributed by atoms with Gasteiger partial charge in [-0.05, 0) is 36.5 Å². The van der Waals surface area contributed by atoms with Gasteiger partial charge in [0.1, 0.15) is 18.8 Å². The molecule has 126 valence electrons. The molecular formula is C17H20ClN4OS+. The van der Waals surface area contributed by atoms with Crippen LogP contribution in [0.25, 0.3) is 0 Å². The number of H-pyrrole nitrogens is 1. The van der Waals surface area contributed by atoms with E-state index in [1.165, 1.54) is 0 Å². The van der Waals surface area contributed by atoms with Crippen LogP contribution in [0.3, 0.4) is 0 Å². The number of nitrogens with one attached hydrogen (secondary N) is 2. The third-order valence-corrected chi connectivity index (χ3v) is 4.60. The van der Waals surface area contributed by atoms with Crippen LogP contribution in [-0.2, 0) is 0 Å². The molecule has 1 fully saturated rings. The Kier molecular flexibility index (Phi) is 5.37. The summed E-state index contributed by atoms with van der Waals surface area (Å²) in [5.41, 5.74) is 0.786. The summed E-state index contributed by atoms with van der Waals surface area (Å²) in [6, 6.07) is 11.6. The zero-order valence-electron chi connectivity index (χ0n) is 13.5. The second kappa shape index (κ2) is 7.68. The molecule has 0 aliphatic carbocycles. The van der Waals surface area contributed by atoms with E-state index in [1.807, 2.05) is 30.5 Å². The average molecular weight is 364 g/mol. The molecule has 2 aromatic rings. The van der Waals surface area contributed by atoms with Gasteiger partial charge in [-0.3, -0.25) is 4.90 Å². The third kappa shape index (κ3) is 3.88. The number of halogens is 1. The van der Waals surface area contributed by atoms with E-state index in [9.17, 15) is 0 Å². The molecule has 7 heteroatoms. The number of anilines is 2. The highest BCUT2D eigenvalue weighted by atomic mass is 35.5. The van der Waals surface area contributed by atoms with E-state index < -0.39 is 0 Å². The van der Waals surface area contributed by atoms with Gasteiger partial charge in [0, 0.05) is 11.1 Å². The predicted octanol–water partition coefficient (Wildman–Crippen LogP) is 2.68. The first kappa shape index (κ1) is 16.8. The Labute approximate surface area is 152 Å². The molecule has 1 aliphatic rings. The number of rotatable bonds is 3. The van der Waals surface area contributed by atoms with Crippen LogP contribution in [0.1, 0.15) is 0 Å². The number of nitrogens with zero attached hydrogens (tertiary/aromatic N) is 2. The Morgan fingerprint density at radius 2 is 2.00 bits per heavy atom. The molecule has 3 rings (SSSR count). The fraction of sp³-hybridized carbons (Fsp3) is 0.294. The number of benzene rings is 1. The number of piperazine rings is 1. The van der Waals surface area contributed by atoms with Gasteiger partial charge in [-0.15, -0.1) is 0 Å². The summed E-state index contributed by atoms with van der Waals surface area (Å²) in [4.78, 5) is 7.75. The minimum atomic E-state index is 0.644. The second-order valence-corrected chi connectivity index (χ2v) is 6.32. The zero-order valence-corrected chi connectivity index (χ0v) is 15.0. The van der Waals surface area contributed by atoms with Crippen LogP contribution in [0.15, 0.2) is 42.6 Å². The molecule has 0 unspecified atom stereocenters. The van der Waals surface area contributed by atoms with Crippen molar-refractivity contribution in [3.8, 4) is 5.75 Å². The van der Waals surface area contributed by atoms with Gasteiger partial charge in [-0.2, -0.15) is 0 Å². The Morgan fingerprint density at radius 1 is 1.21 bits per heavy atom. The lowest BCUT2D eigenvalue weighted by atomic mass is 10.3. The number of aromatic nitrogens is 1. The normalized spacial score (nSPS) is 14.4. The van der Waals surface area contributed by atoms with Gasteiger partial charge < -0.3 is 15.0 Å². The fourth-order valence-electron chi connectivity index (χ4n) is 2.70. The van der Waals surface area contributed by atoms with E-state index in [4.69, 9.17) is 28.6 Å². The highest BCUT2D eigenvalue weighted by Gasteiger charge is 2.24. The van der Waals surface area contributed by atoms with Gasteiger partial charge in [-0.25, -0.2) is 4.98 Å². The summed E-state index contributed by atoms with van der Waals surface area (Å²) in [5, 5.41) is 4.58. The maximum absolute atomic E-state index is 6.07. The highest BCUT2D eigenvalue weighted by molar-refractivity contribution is 7.80. The van der Waals surface area contributed by atoms with Crippen molar-refractivity contribution >= 4 is 40.4 Å². The van der Waals surface area contributed by atoms with Crippen LogP contribution in [0.5, 0.6) is 5.75 Å². The van der Waals surface area contributed by atoms with Crippen LogP contribution in [0.4, 0.5) is 11.5 Å². The number of thiocarbonyl (C=S) groups is 1. The van der Waals surface area contributed by atoms with Crippen LogP contribution >= 0.6 is 23.8 Å². The van der Waals surface area contributed by atoms with Crippen molar-refractivity contribution in [2.24, 2.45) is 0 Å². The Hall–Kier alpha value is -2.05. The van der Waals surface area contributed by atoms with E-state index in [0.29, 0.717) is 10.1 Å². The van der Waals surface area contributed by atoms with Crippen LogP contribution in [0, 0.1) is 0 Å². The summed E-state index contributed by atoms with van der Waals surface area (Å²) in [5.74, 6) is 1.85. The van der Waals surface area contributed by atoms with Gasteiger partial charge in [0.15, 0.2) is 5.11 Å². The molecule has 0 atom stereocenters. The van der Waals surface area contributed by atoms with Crippen LogP contribution in [-0.4, -0.2) is 43.3 Å². The number of methoxy groups -OCH3 is 1. The summed E-state index contributed by atoms with van der Waals surface area (Å²) in [7, 11) is 1.63. The topological polar surface area (TPSA) is 41.9 Å². The molecule has 0 radical (unpaired) electrons. The highest BCUT2D eigenvalue weighted by Crippen LogP contribution is 2.28. The second-order valence-electron chi connectivity index (χ2n) is 5.50. The first-order valence-electron chi connectivity index (χ1n) is 7.78. The molecule has 2 N–H and O–H groups in total. The van der Waals surface area contributed by atoms with E-state index in [0.717, 1.165) is 43.4 Å². The molecule has 1 aromatic heterocycles. The molecule has 1 aromatic carbocycles. The average Bonchev–Trinajstić information content (AvgIpc) is 2.63. The molecule has 2 heterocycles. The largest absolute Gasteiger partial charge is 0.495 e. The Balaban J connectivity index is 1.61. The number of hydrogen-bond donors (Lipinski definition) is 1. The summed E-state index contributed by atoms with van der Waals surface area (Å²) < 4.78 is 5.35. The maximum atomic E-state index is 6.07. The number of hydrogen-bond acceptors (Lipinski definition) is 3. The van der Waals surface area contributed by atoms with Crippen molar-refractivity contribution in [2.45, 2.75) is 0 Å². The van der Waals surface area contributed by atoms with E-state index >= 15 is 0 Å². The monoisotopic (exact) mass is 363 g/mol. The minimum absolute atomic E-state index is 0.644. The molecule has 1 aliphatic heterocycles. The van der Waals surface area contributed by atoms with Gasteiger partial charge in [0.05, 0.1) is 32.1 Å². The van der Waals surface area contributed by atoms with E-state index in [2.05, 4.69) is 26.2 Å². The SMILES string of the molecule is COc1ccc(Cl)cc1NC(=S)N1CCN(c2cccc[nH+]2)CC1. The number of aromatic amines is 1. The Bertz CT molecular complexity index is 705. The Morgan fingerprint density at radius 3 is 2.67 bits per heavy atom. The first-order chi connectivity index (χ1) is 11.7. The van der Waals surface area contributed by atoms with Crippen LogP contribution in [0.2, 0.25) is 5.02 Å². The lowest BCUT2D eigenvalue weighted by Gasteiger charge is -2.33. The smallest absolute Gasteiger partial charge is 0.274 e. The quantitative estimate of drug-likeness (QED) is 0.849. The van der Waals surface area contributed by atoms with Crippen molar-refractivity contribution in [2.75, 3.05) is 43.5 Å². The van der Waals surface area contributed by atoms with E-state index in [-0.39, 0.29) is 0 Å².